The Labute approximate surface area is 191 Å². The number of rotatable bonds is 6. The molecule has 2 aromatic carbocycles. The Hall–Kier alpha value is -2.90. The molecule has 3 aromatic rings. The van der Waals surface area contributed by atoms with Gasteiger partial charge in [0.1, 0.15) is 10.1 Å². The van der Waals surface area contributed by atoms with Gasteiger partial charge in [-0.15, -0.1) is 0 Å². The number of thiocarbonyl (C=S) groups is 1. The summed E-state index contributed by atoms with van der Waals surface area (Å²) in [5.41, 5.74) is 3.54. The second kappa shape index (κ2) is 9.08. The van der Waals surface area contributed by atoms with Crippen molar-refractivity contribution in [3.05, 3.63) is 71.3 Å². The summed E-state index contributed by atoms with van der Waals surface area (Å²) < 4.78 is 8.19. The van der Waals surface area contributed by atoms with Gasteiger partial charge in [0, 0.05) is 24.4 Å². The first-order valence-corrected chi connectivity index (χ1v) is 11.2. The predicted octanol–water partition coefficient (Wildman–Crippen LogP) is 5.41. The van der Waals surface area contributed by atoms with Gasteiger partial charge < -0.3 is 4.74 Å². The van der Waals surface area contributed by atoms with Gasteiger partial charge >= 0.3 is 0 Å². The summed E-state index contributed by atoms with van der Waals surface area (Å²) in [6.45, 7) is 4.91. The normalized spacial score (nSPS) is 15.4. The minimum Gasteiger partial charge on any atom is -0.493 e. The second-order valence-electron chi connectivity index (χ2n) is 7.68. The highest BCUT2D eigenvalue weighted by atomic mass is 32.2. The molecule has 1 aliphatic heterocycles. The molecule has 0 spiro atoms. The largest absolute Gasteiger partial charge is 0.493 e. The van der Waals surface area contributed by atoms with Crippen molar-refractivity contribution < 1.29 is 9.53 Å². The van der Waals surface area contributed by atoms with Gasteiger partial charge in [-0.3, -0.25) is 9.69 Å². The molecule has 0 radical (unpaired) electrons. The van der Waals surface area contributed by atoms with Gasteiger partial charge in [-0.1, -0.05) is 56.0 Å². The first kappa shape index (κ1) is 21.3. The van der Waals surface area contributed by atoms with Crippen molar-refractivity contribution in [1.29, 1.82) is 0 Å². The van der Waals surface area contributed by atoms with Gasteiger partial charge in [-0.05, 0) is 48.4 Å². The molecule has 0 saturated carbocycles. The van der Waals surface area contributed by atoms with Crippen LogP contribution in [0.4, 0.5) is 0 Å². The minimum absolute atomic E-state index is 0.0918. The molecule has 0 bridgehead atoms. The van der Waals surface area contributed by atoms with Crippen molar-refractivity contribution >= 4 is 40.3 Å². The Kier molecular flexibility index (Phi) is 6.25. The number of carbonyl (C=O) groups is 1. The van der Waals surface area contributed by atoms with Gasteiger partial charge in [0.15, 0.2) is 0 Å². The molecule has 1 aromatic heterocycles. The van der Waals surface area contributed by atoms with Crippen LogP contribution in [0.3, 0.4) is 0 Å². The van der Waals surface area contributed by atoms with E-state index in [4.69, 9.17) is 22.1 Å². The first-order valence-electron chi connectivity index (χ1n) is 10.0. The fraction of sp³-hybridized carbons (Fsp3) is 0.208. The molecule has 0 N–H and O–H groups in total. The highest BCUT2D eigenvalue weighted by Gasteiger charge is 2.29. The summed E-state index contributed by atoms with van der Waals surface area (Å²) in [4.78, 5) is 14.6. The van der Waals surface area contributed by atoms with Crippen LogP contribution < -0.4 is 4.74 Å². The minimum atomic E-state index is -0.0918. The maximum Gasteiger partial charge on any atom is 0.265 e. The van der Waals surface area contributed by atoms with Crippen LogP contribution in [0.15, 0.2) is 65.7 Å². The van der Waals surface area contributed by atoms with Gasteiger partial charge in [-0.25, -0.2) is 4.68 Å². The molecule has 1 fully saturated rings. The zero-order chi connectivity index (χ0) is 22.0. The highest BCUT2D eigenvalue weighted by Crippen LogP contribution is 2.34. The number of aromatic nitrogens is 2. The van der Waals surface area contributed by atoms with Crippen LogP contribution in [0.5, 0.6) is 5.75 Å². The zero-order valence-electron chi connectivity index (χ0n) is 17.6. The zero-order valence-corrected chi connectivity index (χ0v) is 19.2. The lowest BCUT2D eigenvalue weighted by molar-refractivity contribution is -0.121. The van der Waals surface area contributed by atoms with Crippen molar-refractivity contribution in [2.75, 3.05) is 13.7 Å². The molecule has 2 heterocycles. The van der Waals surface area contributed by atoms with E-state index in [9.17, 15) is 4.79 Å². The molecular formula is C24H23N3O2S2. The monoisotopic (exact) mass is 449 g/mol. The van der Waals surface area contributed by atoms with E-state index in [2.05, 4.69) is 13.8 Å². The number of hydrogen-bond donors (Lipinski definition) is 0. The molecule has 7 heteroatoms. The Balaban J connectivity index is 1.73. The Morgan fingerprint density at radius 2 is 1.84 bits per heavy atom. The molecule has 1 aliphatic rings. The molecule has 158 valence electrons. The Morgan fingerprint density at radius 3 is 2.45 bits per heavy atom. The number of thioether (sulfide) groups is 1. The molecule has 1 amide bonds. The van der Waals surface area contributed by atoms with E-state index in [1.165, 1.54) is 16.7 Å². The number of hydrogen-bond acceptors (Lipinski definition) is 5. The summed E-state index contributed by atoms with van der Waals surface area (Å²) in [7, 11) is 1.70. The van der Waals surface area contributed by atoms with Crippen molar-refractivity contribution in [3.63, 3.8) is 0 Å². The van der Waals surface area contributed by atoms with Crippen LogP contribution in [0, 0.1) is 5.92 Å². The van der Waals surface area contributed by atoms with Crippen molar-refractivity contribution in [1.82, 2.24) is 14.7 Å². The Morgan fingerprint density at radius 1 is 1.13 bits per heavy atom. The number of para-hydroxylation sites is 1. The van der Waals surface area contributed by atoms with Gasteiger partial charge in [0.25, 0.3) is 5.91 Å². The maximum atomic E-state index is 12.5. The van der Waals surface area contributed by atoms with E-state index >= 15 is 0 Å². The Bertz CT molecular complexity index is 1140. The molecule has 0 unspecified atom stereocenters. The van der Waals surface area contributed by atoms with Crippen LogP contribution in [0.25, 0.3) is 23.0 Å². The topological polar surface area (TPSA) is 47.4 Å². The van der Waals surface area contributed by atoms with E-state index in [0.717, 1.165) is 28.3 Å². The van der Waals surface area contributed by atoms with Crippen LogP contribution >= 0.6 is 24.0 Å². The third kappa shape index (κ3) is 4.73. The maximum absolute atomic E-state index is 12.5. The molecular weight excluding hydrogens is 426 g/mol. The van der Waals surface area contributed by atoms with E-state index < -0.39 is 0 Å². The number of amides is 1. The molecule has 1 saturated heterocycles. The lowest BCUT2D eigenvalue weighted by Crippen LogP contribution is -2.22. The number of nitrogens with zero attached hydrogens (tertiary/aromatic N) is 3. The standard InChI is InChI=1S/C24H23N3O2S2/c1-16(2)15-29-20-11-9-17(10-12-20)22-18(13-21-23(28)26(3)24(30)31-21)14-27(25-22)19-7-5-4-6-8-19/h4-14,16H,15H2,1-3H3/b21-13-. The van der Waals surface area contributed by atoms with Gasteiger partial charge in [-0.2, -0.15) is 5.10 Å². The van der Waals surface area contributed by atoms with Crippen LogP contribution in [-0.2, 0) is 4.79 Å². The van der Waals surface area contributed by atoms with E-state index in [1.807, 2.05) is 71.6 Å². The van der Waals surface area contributed by atoms with Gasteiger partial charge in [0.2, 0.25) is 0 Å². The summed E-state index contributed by atoms with van der Waals surface area (Å²) >= 11 is 6.58. The van der Waals surface area contributed by atoms with E-state index in [-0.39, 0.29) is 5.91 Å². The average molecular weight is 450 g/mol. The highest BCUT2D eigenvalue weighted by molar-refractivity contribution is 8.26. The summed E-state index contributed by atoms with van der Waals surface area (Å²) in [6.07, 6.45) is 3.81. The molecule has 31 heavy (non-hydrogen) atoms. The average Bonchev–Trinajstić information content (AvgIpc) is 3.30. The van der Waals surface area contributed by atoms with E-state index in [0.29, 0.717) is 21.8 Å². The fourth-order valence-corrected chi connectivity index (χ4v) is 4.26. The quantitative estimate of drug-likeness (QED) is 0.372. The van der Waals surface area contributed by atoms with Crippen LogP contribution in [-0.4, -0.2) is 38.6 Å². The van der Waals surface area contributed by atoms with Crippen LogP contribution in [0.2, 0.25) is 0 Å². The predicted molar refractivity (Wildman–Crippen MR) is 130 cm³/mol. The van der Waals surface area contributed by atoms with Crippen molar-refractivity contribution in [2.24, 2.45) is 5.92 Å². The number of likely N-dealkylation sites (N-methyl/N-ethyl adjacent to an activating group) is 1. The third-order valence-corrected chi connectivity index (χ3v) is 6.23. The lowest BCUT2D eigenvalue weighted by Gasteiger charge is -2.09. The first-order chi connectivity index (χ1) is 14.9. The number of benzene rings is 2. The third-order valence-electron chi connectivity index (χ3n) is 4.75. The second-order valence-corrected chi connectivity index (χ2v) is 9.36. The van der Waals surface area contributed by atoms with Crippen LogP contribution in [0.1, 0.15) is 19.4 Å². The molecule has 0 aliphatic carbocycles. The number of ether oxygens (including phenoxy) is 1. The molecule has 4 rings (SSSR count). The van der Waals surface area contributed by atoms with Gasteiger partial charge in [0.05, 0.1) is 22.9 Å². The summed E-state index contributed by atoms with van der Waals surface area (Å²) in [5.74, 6) is 1.20. The molecule has 5 nitrogen and oxygen atoms in total. The number of carbonyl (C=O) groups excluding carboxylic acids is 1. The lowest BCUT2D eigenvalue weighted by atomic mass is 10.1. The fourth-order valence-electron chi connectivity index (χ4n) is 3.09. The van der Waals surface area contributed by atoms with Crippen molar-refractivity contribution in [3.8, 4) is 22.7 Å². The molecule has 0 atom stereocenters. The van der Waals surface area contributed by atoms with Crippen molar-refractivity contribution in [2.45, 2.75) is 13.8 Å². The SMILES string of the molecule is CC(C)COc1ccc(-c2nn(-c3ccccc3)cc2/C=C2\SC(=S)N(C)C2=O)cc1. The van der Waals surface area contributed by atoms with E-state index in [1.54, 1.807) is 7.05 Å². The summed E-state index contributed by atoms with van der Waals surface area (Å²) in [5, 5.41) is 4.82. The summed E-state index contributed by atoms with van der Waals surface area (Å²) in [6, 6.07) is 17.8. The smallest absolute Gasteiger partial charge is 0.265 e.